The van der Waals surface area contributed by atoms with E-state index in [0.717, 1.165) is 0 Å². The first kappa shape index (κ1) is 35.1. The van der Waals surface area contributed by atoms with E-state index in [1.54, 1.807) is 0 Å². The molecule has 0 aliphatic heterocycles. The van der Waals surface area contributed by atoms with Crippen LogP contribution in [0.15, 0.2) is 12.5 Å². The molecule has 0 rings (SSSR count). The van der Waals surface area contributed by atoms with Crippen LogP contribution in [0.1, 0.15) is 90.0 Å². The van der Waals surface area contributed by atoms with Gasteiger partial charge in [0.05, 0.1) is 0 Å². The van der Waals surface area contributed by atoms with Gasteiger partial charge in [0.2, 0.25) is 0 Å². The van der Waals surface area contributed by atoms with Crippen molar-refractivity contribution >= 4 is 32.7 Å². The van der Waals surface area contributed by atoms with Gasteiger partial charge in [-0.3, -0.25) is 4.79 Å². The molecule has 0 aromatic heterocycles. The fourth-order valence-electron chi connectivity index (χ4n) is 1.23. The van der Waals surface area contributed by atoms with E-state index in [9.17, 15) is 4.79 Å². The third kappa shape index (κ3) is 21.2. The molecule has 0 fully saturated rings. The van der Waals surface area contributed by atoms with Crippen LogP contribution in [0, 0.1) is 0 Å². The zero-order valence-electron chi connectivity index (χ0n) is 23.7. The van der Waals surface area contributed by atoms with Gasteiger partial charge >= 0.3 is 5.97 Å². The van der Waals surface area contributed by atoms with Crippen molar-refractivity contribution in [3.05, 3.63) is 12.5 Å². The maximum atomic E-state index is 10.2. The van der Waals surface area contributed by atoms with Crippen molar-refractivity contribution in [2.45, 2.75) is 137 Å². The van der Waals surface area contributed by atoms with Crippen LogP contribution in [0.3, 0.4) is 0 Å². The normalized spacial score (nSPS) is 13.1. The third-order valence-corrected chi connectivity index (χ3v) is 14.4. The Balaban J connectivity index is -0.000000415. The average Bonchev–Trinajstić information content (AvgIpc) is 2.28. The second-order valence-corrected chi connectivity index (χ2v) is 24.9. The SMILES string of the molecule is C=C(OC(C)(C)C)O[Si](C)(C)C(C)(C)C.CC(=O)OC(C)(C)C.CC(C)(C)[Si](C)(C)Cl. The van der Waals surface area contributed by atoms with Crippen LogP contribution in [0.4, 0.5) is 0 Å². The van der Waals surface area contributed by atoms with Crippen molar-refractivity contribution in [1.29, 1.82) is 0 Å². The second kappa shape index (κ2) is 12.1. The predicted octanol–water partition coefficient (Wildman–Crippen LogP) is 8.87. The van der Waals surface area contributed by atoms with Crippen molar-refractivity contribution in [2.24, 2.45) is 0 Å². The quantitative estimate of drug-likeness (QED) is 0.169. The van der Waals surface area contributed by atoms with Crippen LogP contribution in [0.25, 0.3) is 0 Å². The summed E-state index contributed by atoms with van der Waals surface area (Å²) in [5, 5.41) is 0.520. The Kier molecular flexibility index (Phi) is 13.7. The van der Waals surface area contributed by atoms with Gasteiger partial charge < -0.3 is 13.9 Å². The van der Waals surface area contributed by atoms with Crippen LogP contribution >= 0.6 is 11.1 Å². The number of rotatable bonds is 3. The van der Waals surface area contributed by atoms with E-state index >= 15 is 0 Å². The van der Waals surface area contributed by atoms with Crippen molar-refractivity contribution < 1.29 is 18.7 Å². The summed E-state index contributed by atoms with van der Waals surface area (Å²) in [5.74, 6) is 0.228. The predicted molar refractivity (Wildman–Crippen MR) is 143 cm³/mol. The van der Waals surface area contributed by atoms with E-state index in [2.05, 4.69) is 74.3 Å². The first-order valence-corrected chi connectivity index (χ1v) is 17.9. The largest absolute Gasteiger partial charge is 0.519 e. The zero-order chi connectivity index (χ0) is 26.3. The van der Waals surface area contributed by atoms with Gasteiger partial charge in [0, 0.05) is 6.92 Å². The van der Waals surface area contributed by atoms with Crippen LogP contribution < -0.4 is 0 Å². The Morgan fingerprint density at radius 2 is 1.00 bits per heavy atom. The molecule has 0 amide bonds. The Bertz CT molecular complexity index is 541. The van der Waals surface area contributed by atoms with E-state index in [1.165, 1.54) is 6.92 Å². The first-order valence-electron chi connectivity index (χ1n) is 11.0. The summed E-state index contributed by atoms with van der Waals surface area (Å²) in [6, 6.07) is 0. The Labute approximate surface area is 201 Å². The molecule has 0 saturated carbocycles. The standard InChI is InChI=1S/C12H26O2Si.C6H15ClSi.C6H12O2/c1-10(13-11(2,3)4)14-15(8,9)12(5,6)7;1-6(2,3)8(4,5)7;1-5(7)8-6(2,3)4/h1H2,2-9H3;1-5H3;1-4H3. The highest BCUT2D eigenvalue weighted by atomic mass is 35.6. The molecule has 188 valence electrons. The van der Waals surface area contributed by atoms with E-state index in [-0.39, 0.29) is 22.2 Å². The van der Waals surface area contributed by atoms with Crippen LogP contribution in [0.5, 0.6) is 0 Å². The summed E-state index contributed by atoms with van der Waals surface area (Å²) >= 11 is 6.15. The van der Waals surface area contributed by atoms with Gasteiger partial charge in [-0.2, -0.15) is 11.1 Å². The Morgan fingerprint density at radius 1 is 0.710 bits per heavy atom. The van der Waals surface area contributed by atoms with Gasteiger partial charge in [-0.1, -0.05) is 54.6 Å². The summed E-state index contributed by atoms with van der Waals surface area (Å²) in [6.07, 6.45) is 0. The van der Waals surface area contributed by atoms with Gasteiger partial charge in [-0.15, -0.1) is 0 Å². The maximum Gasteiger partial charge on any atom is 0.303 e. The number of esters is 1. The summed E-state index contributed by atoms with van der Waals surface area (Å²) in [4.78, 5) is 10.2. The summed E-state index contributed by atoms with van der Waals surface area (Å²) < 4.78 is 16.3. The lowest BCUT2D eigenvalue weighted by molar-refractivity contribution is -0.151. The highest BCUT2D eigenvalue weighted by molar-refractivity contribution is 7.20. The first-order chi connectivity index (χ1) is 13.0. The molecule has 0 heterocycles. The molecular formula is C24H53ClO4Si2. The highest BCUT2D eigenvalue weighted by Crippen LogP contribution is 2.39. The van der Waals surface area contributed by atoms with E-state index in [4.69, 9.17) is 25.0 Å². The lowest BCUT2D eigenvalue weighted by Crippen LogP contribution is -2.41. The molecule has 0 atom stereocenters. The van der Waals surface area contributed by atoms with Crippen LogP contribution in [-0.2, 0) is 18.7 Å². The average molecular weight is 497 g/mol. The second-order valence-electron chi connectivity index (χ2n) is 12.9. The van der Waals surface area contributed by atoms with Crippen molar-refractivity contribution in [3.8, 4) is 0 Å². The van der Waals surface area contributed by atoms with Crippen LogP contribution in [0.2, 0.25) is 36.3 Å². The van der Waals surface area contributed by atoms with Crippen molar-refractivity contribution in [1.82, 2.24) is 0 Å². The third-order valence-electron chi connectivity index (χ3n) is 4.83. The molecule has 0 aromatic carbocycles. The van der Waals surface area contributed by atoms with Gasteiger partial charge in [0.25, 0.3) is 14.3 Å². The molecule has 0 aliphatic rings. The lowest BCUT2D eigenvalue weighted by Gasteiger charge is -2.37. The molecule has 0 saturated heterocycles. The van der Waals surface area contributed by atoms with Gasteiger partial charge in [-0.25, -0.2) is 0 Å². The number of carbonyl (C=O) groups is 1. The van der Waals surface area contributed by atoms with Crippen molar-refractivity contribution in [3.63, 3.8) is 0 Å². The van der Waals surface area contributed by atoms with Crippen molar-refractivity contribution in [2.75, 3.05) is 0 Å². The summed E-state index contributed by atoms with van der Waals surface area (Å²) in [7, 11) is -3.18. The highest BCUT2D eigenvalue weighted by Gasteiger charge is 2.40. The fraction of sp³-hybridized carbons (Fsp3) is 0.875. The molecule has 0 spiro atoms. The number of hydrogen-bond acceptors (Lipinski definition) is 4. The van der Waals surface area contributed by atoms with E-state index < -0.39 is 15.7 Å². The Hall–Kier alpha value is -0.466. The number of carbonyl (C=O) groups excluding carboxylic acids is 1. The van der Waals surface area contributed by atoms with Gasteiger partial charge in [-0.05, 0) is 71.3 Å². The zero-order valence-corrected chi connectivity index (χ0v) is 26.5. The topological polar surface area (TPSA) is 44.8 Å². The van der Waals surface area contributed by atoms with Gasteiger partial charge in [0.15, 0.2) is 7.38 Å². The molecule has 0 aliphatic carbocycles. The number of ether oxygens (including phenoxy) is 2. The van der Waals surface area contributed by atoms with E-state index in [0.29, 0.717) is 11.0 Å². The minimum Gasteiger partial charge on any atom is -0.519 e. The molecule has 4 nitrogen and oxygen atoms in total. The maximum absolute atomic E-state index is 10.2. The molecule has 0 N–H and O–H groups in total. The minimum absolute atomic E-state index is 0.178. The number of hydrogen-bond donors (Lipinski definition) is 0. The summed E-state index contributed by atoms with van der Waals surface area (Å²) in [6.45, 7) is 38.7. The minimum atomic E-state index is -1.79. The molecule has 0 bridgehead atoms. The smallest absolute Gasteiger partial charge is 0.303 e. The molecule has 7 heteroatoms. The number of halogens is 1. The molecule has 0 radical (unpaired) electrons. The Morgan fingerprint density at radius 3 is 1.13 bits per heavy atom. The molecular weight excluding hydrogens is 444 g/mol. The fourth-order valence-corrected chi connectivity index (χ4v) is 2.15. The lowest BCUT2D eigenvalue weighted by atomic mass is 10.2. The van der Waals surface area contributed by atoms with E-state index in [1.807, 2.05) is 41.5 Å². The molecule has 31 heavy (non-hydrogen) atoms. The van der Waals surface area contributed by atoms with Gasteiger partial charge in [0.1, 0.15) is 11.2 Å². The summed E-state index contributed by atoms with van der Waals surface area (Å²) in [5.41, 5.74) is -0.564. The molecule has 0 aromatic rings. The monoisotopic (exact) mass is 496 g/mol. The van der Waals surface area contributed by atoms with Crippen LogP contribution in [-0.4, -0.2) is 32.9 Å². The molecule has 0 unspecified atom stereocenters.